The first kappa shape index (κ1) is 37.3. The number of unbranched alkanes of at least 4 members (excludes halogenated alkanes) is 1. The van der Waals surface area contributed by atoms with Crippen LogP contribution < -0.4 is 21.3 Å². The number of ketones is 2. The second-order valence-corrected chi connectivity index (χ2v) is 11.0. The van der Waals surface area contributed by atoms with Crippen LogP contribution in [0.3, 0.4) is 0 Å². The van der Waals surface area contributed by atoms with Crippen molar-refractivity contribution in [2.75, 3.05) is 30.5 Å². The van der Waals surface area contributed by atoms with Gasteiger partial charge in [-0.25, -0.2) is 9.59 Å². The van der Waals surface area contributed by atoms with Crippen molar-refractivity contribution in [3.05, 3.63) is 59.7 Å². The van der Waals surface area contributed by atoms with Gasteiger partial charge in [-0.15, -0.1) is 0 Å². The Morgan fingerprint density at radius 2 is 1.35 bits per heavy atom. The van der Waals surface area contributed by atoms with Crippen molar-refractivity contribution in [2.24, 2.45) is 0 Å². The van der Waals surface area contributed by atoms with Gasteiger partial charge in [0.15, 0.2) is 17.7 Å². The quantitative estimate of drug-likeness (QED) is 0.0744. The summed E-state index contributed by atoms with van der Waals surface area (Å²) >= 11 is 0. The SMILES string of the molecule is CCCCOC(=O)C(CC(=O)c1ccccc1NC(=O)OCC)NC(=O)C(CC(=O)c1ccccc1NC(=O)C1CO1)NC(=O)CCC. The fourth-order valence-electron chi connectivity index (χ4n) is 4.54. The Morgan fingerprint density at radius 3 is 1.92 bits per heavy atom. The summed E-state index contributed by atoms with van der Waals surface area (Å²) in [6.07, 6.45) is -0.669. The number of esters is 1. The summed E-state index contributed by atoms with van der Waals surface area (Å²) in [6.45, 7) is 5.71. The van der Waals surface area contributed by atoms with E-state index in [2.05, 4.69) is 21.3 Å². The first-order valence-corrected chi connectivity index (χ1v) is 15.9. The fourth-order valence-corrected chi connectivity index (χ4v) is 4.54. The summed E-state index contributed by atoms with van der Waals surface area (Å²) in [6, 6.07) is 9.38. The Balaban J connectivity index is 1.85. The molecular weight excluding hydrogens is 624 g/mol. The van der Waals surface area contributed by atoms with E-state index in [1.165, 1.54) is 24.3 Å². The smallest absolute Gasteiger partial charge is 0.411 e. The Kier molecular flexibility index (Phi) is 14.7. The molecule has 3 atom stereocenters. The number of benzene rings is 2. The molecule has 4 N–H and O–H groups in total. The summed E-state index contributed by atoms with van der Waals surface area (Å²) in [5, 5.41) is 10.2. The number of Topliss-reactive ketones (excluding diaryl/α,β-unsaturated/α-hetero) is 2. The summed E-state index contributed by atoms with van der Waals surface area (Å²) in [5.41, 5.74) is 0.509. The van der Waals surface area contributed by atoms with E-state index in [-0.39, 0.29) is 48.7 Å². The van der Waals surface area contributed by atoms with Crippen LogP contribution in [-0.4, -0.2) is 79.4 Å². The molecule has 0 aromatic heterocycles. The first-order valence-electron chi connectivity index (χ1n) is 15.9. The lowest BCUT2D eigenvalue weighted by atomic mass is 9.99. The van der Waals surface area contributed by atoms with E-state index in [9.17, 15) is 33.6 Å². The van der Waals surface area contributed by atoms with Gasteiger partial charge < -0.3 is 30.2 Å². The van der Waals surface area contributed by atoms with E-state index in [4.69, 9.17) is 14.2 Å². The number of hydrogen-bond acceptors (Lipinski definition) is 10. The van der Waals surface area contributed by atoms with Gasteiger partial charge in [0.25, 0.3) is 5.91 Å². The van der Waals surface area contributed by atoms with E-state index in [1.807, 2.05) is 6.92 Å². The molecule has 1 saturated heterocycles. The van der Waals surface area contributed by atoms with Crippen LogP contribution in [0.4, 0.5) is 16.2 Å². The second-order valence-electron chi connectivity index (χ2n) is 11.0. The monoisotopic (exact) mass is 666 g/mol. The molecule has 0 spiro atoms. The molecule has 0 saturated carbocycles. The molecule has 1 aliphatic rings. The van der Waals surface area contributed by atoms with Gasteiger partial charge in [0.2, 0.25) is 11.8 Å². The molecule has 14 heteroatoms. The van der Waals surface area contributed by atoms with E-state index in [0.717, 1.165) is 6.42 Å². The lowest BCUT2D eigenvalue weighted by molar-refractivity contribution is -0.148. The lowest BCUT2D eigenvalue weighted by Crippen LogP contribution is -2.53. The molecule has 0 bridgehead atoms. The number of nitrogens with one attached hydrogen (secondary N) is 4. The molecule has 48 heavy (non-hydrogen) atoms. The molecule has 3 rings (SSSR count). The van der Waals surface area contributed by atoms with Crippen molar-refractivity contribution in [3.63, 3.8) is 0 Å². The highest BCUT2D eigenvalue weighted by atomic mass is 16.6. The highest BCUT2D eigenvalue weighted by Crippen LogP contribution is 2.22. The number of anilines is 2. The number of carbonyl (C=O) groups is 7. The molecule has 1 heterocycles. The van der Waals surface area contributed by atoms with E-state index in [1.54, 1.807) is 38.1 Å². The second kappa shape index (κ2) is 18.9. The highest BCUT2D eigenvalue weighted by molar-refractivity contribution is 6.09. The standard InChI is InChI=1S/C34H42N4O10/c1-4-7-17-47-33(44)26(19-28(40)22-14-9-11-16-24(22)38-34(45)46-6-3)37-31(42)25(35-30(41)12-5-2)18-27(39)21-13-8-10-15-23(21)36-32(43)29-20-48-29/h8-11,13-16,25-26,29H,4-7,12,17-20H2,1-3H3,(H,35,41)(H,36,43)(H,37,42)(H,38,45). The van der Waals surface area contributed by atoms with Crippen molar-refractivity contribution in [3.8, 4) is 0 Å². The van der Waals surface area contributed by atoms with E-state index >= 15 is 0 Å². The Hall–Kier alpha value is -5.11. The number of amides is 4. The minimum Gasteiger partial charge on any atom is -0.464 e. The number of carbonyl (C=O) groups excluding carboxylic acids is 7. The van der Waals surface area contributed by atoms with Crippen LogP contribution in [0.1, 0.15) is 80.0 Å². The molecule has 4 amide bonds. The van der Waals surface area contributed by atoms with Gasteiger partial charge in [0.1, 0.15) is 12.1 Å². The van der Waals surface area contributed by atoms with Crippen LogP contribution in [0.5, 0.6) is 0 Å². The van der Waals surface area contributed by atoms with E-state index in [0.29, 0.717) is 12.8 Å². The summed E-state index contributed by atoms with van der Waals surface area (Å²) in [4.78, 5) is 90.9. The molecular formula is C34H42N4O10. The van der Waals surface area contributed by atoms with Crippen molar-refractivity contribution in [2.45, 2.75) is 77.5 Å². The molecule has 1 aliphatic heterocycles. The Labute approximate surface area is 278 Å². The van der Waals surface area contributed by atoms with Crippen LogP contribution in [0.15, 0.2) is 48.5 Å². The number of rotatable bonds is 19. The van der Waals surface area contributed by atoms with Crippen molar-refractivity contribution < 1.29 is 47.8 Å². The van der Waals surface area contributed by atoms with Crippen LogP contribution in [0.25, 0.3) is 0 Å². The zero-order valence-electron chi connectivity index (χ0n) is 27.3. The number of hydrogen-bond donors (Lipinski definition) is 4. The molecule has 2 aromatic carbocycles. The van der Waals surface area contributed by atoms with Gasteiger partial charge in [-0.3, -0.25) is 29.3 Å². The molecule has 1 fully saturated rings. The van der Waals surface area contributed by atoms with Gasteiger partial charge in [-0.1, -0.05) is 44.5 Å². The predicted octanol–water partition coefficient (Wildman–Crippen LogP) is 3.55. The minimum atomic E-state index is -1.50. The maximum Gasteiger partial charge on any atom is 0.411 e. The largest absolute Gasteiger partial charge is 0.464 e. The third-order valence-corrected chi connectivity index (χ3v) is 7.10. The van der Waals surface area contributed by atoms with Crippen molar-refractivity contribution >= 4 is 52.7 Å². The molecule has 3 unspecified atom stereocenters. The zero-order chi connectivity index (χ0) is 35.1. The number of ether oxygens (including phenoxy) is 3. The Morgan fingerprint density at radius 1 is 0.771 bits per heavy atom. The molecule has 2 aromatic rings. The lowest BCUT2D eigenvalue weighted by Gasteiger charge is -2.23. The maximum absolute atomic E-state index is 13.7. The normalized spacial score (nSPS) is 14.4. The molecule has 258 valence electrons. The van der Waals surface area contributed by atoms with Gasteiger partial charge in [-0.05, 0) is 44.0 Å². The molecule has 0 radical (unpaired) electrons. The van der Waals surface area contributed by atoms with Gasteiger partial charge >= 0.3 is 12.1 Å². The first-order chi connectivity index (χ1) is 23.1. The average Bonchev–Trinajstić information content (AvgIpc) is 3.91. The third kappa shape index (κ3) is 11.6. The van der Waals surface area contributed by atoms with E-state index < -0.39 is 72.4 Å². The third-order valence-electron chi connectivity index (χ3n) is 7.10. The van der Waals surface area contributed by atoms with Crippen LogP contribution in [-0.2, 0) is 33.4 Å². The fraction of sp³-hybridized carbons (Fsp3) is 0.441. The molecule has 14 nitrogen and oxygen atoms in total. The van der Waals surface area contributed by atoms with Gasteiger partial charge in [0.05, 0.1) is 31.2 Å². The van der Waals surface area contributed by atoms with Crippen molar-refractivity contribution in [1.82, 2.24) is 10.6 Å². The average molecular weight is 667 g/mol. The summed E-state index contributed by atoms with van der Waals surface area (Å²) < 4.78 is 15.2. The zero-order valence-corrected chi connectivity index (χ0v) is 27.3. The summed E-state index contributed by atoms with van der Waals surface area (Å²) in [5.74, 6) is -3.89. The van der Waals surface area contributed by atoms with Crippen LogP contribution in [0.2, 0.25) is 0 Å². The topological polar surface area (TPSA) is 199 Å². The Bertz CT molecular complexity index is 1490. The number of epoxide rings is 1. The van der Waals surface area contributed by atoms with Crippen molar-refractivity contribution in [1.29, 1.82) is 0 Å². The van der Waals surface area contributed by atoms with Crippen LogP contribution >= 0.6 is 0 Å². The number of para-hydroxylation sites is 2. The molecule has 0 aliphatic carbocycles. The summed E-state index contributed by atoms with van der Waals surface area (Å²) in [7, 11) is 0. The minimum absolute atomic E-state index is 0.0421. The maximum atomic E-state index is 13.7. The van der Waals surface area contributed by atoms with Gasteiger partial charge in [0, 0.05) is 30.4 Å². The van der Waals surface area contributed by atoms with Gasteiger partial charge in [-0.2, -0.15) is 0 Å². The highest BCUT2D eigenvalue weighted by Gasteiger charge is 2.34. The van der Waals surface area contributed by atoms with Crippen LogP contribution in [0, 0.1) is 0 Å². The predicted molar refractivity (Wildman–Crippen MR) is 174 cm³/mol.